The predicted molar refractivity (Wildman–Crippen MR) is 97.0 cm³/mol. The van der Waals surface area contributed by atoms with Gasteiger partial charge in [-0.2, -0.15) is 0 Å². The van der Waals surface area contributed by atoms with Crippen molar-refractivity contribution in [1.82, 2.24) is 0 Å². The smallest absolute Gasteiger partial charge is 0.187 e. The van der Waals surface area contributed by atoms with Crippen LogP contribution in [-0.4, -0.2) is 133 Å². The van der Waals surface area contributed by atoms with Crippen LogP contribution >= 0.6 is 0 Å². The van der Waals surface area contributed by atoms with Gasteiger partial charge in [-0.15, -0.1) is 0 Å². The van der Waals surface area contributed by atoms with E-state index in [1.54, 1.807) is 0 Å². The summed E-state index contributed by atoms with van der Waals surface area (Å²) in [5, 5.41) is 81.0. The summed E-state index contributed by atoms with van der Waals surface area (Å²) in [6.07, 6.45) is -21.1. The molecule has 0 aliphatic carbocycles. The van der Waals surface area contributed by atoms with E-state index in [4.69, 9.17) is 23.7 Å². The molecule has 0 bridgehead atoms. The Kier molecular flexibility index (Phi) is 7.91. The van der Waals surface area contributed by atoms with Crippen molar-refractivity contribution >= 4 is 0 Å². The van der Waals surface area contributed by atoms with E-state index in [-0.39, 0.29) is 0 Å². The molecule has 15 atom stereocenters. The Labute approximate surface area is 178 Å². The maximum atomic E-state index is 10.6. The standard InChI is InChI=1S/C18H32O13/c1-4-7(19)10(22)12(24)17(28-4)30-14-9(21)6(3)27-16(26)15(14)31-18-13(25)11(23)8(20)5(2)29-18/h4-26H,1-3H3/t4-,5-,6-,7+,8+,9-,10+,11+,12-,13-,14+,15+,16?,17+,18-/m0/s1. The van der Waals surface area contributed by atoms with Crippen molar-refractivity contribution in [2.24, 2.45) is 0 Å². The molecule has 0 saturated carbocycles. The first kappa shape index (κ1) is 25.1. The molecule has 8 N–H and O–H groups in total. The van der Waals surface area contributed by atoms with Gasteiger partial charge in [0.05, 0.1) is 18.3 Å². The summed E-state index contributed by atoms with van der Waals surface area (Å²) in [7, 11) is 0. The van der Waals surface area contributed by atoms with Gasteiger partial charge in [-0.3, -0.25) is 0 Å². The molecule has 3 fully saturated rings. The van der Waals surface area contributed by atoms with E-state index in [1.807, 2.05) is 0 Å². The van der Waals surface area contributed by atoms with Gasteiger partial charge in [-0.05, 0) is 20.8 Å². The van der Waals surface area contributed by atoms with Crippen molar-refractivity contribution in [3.63, 3.8) is 0 Å². The van der Waals surface area contributed by atoms with Gasteiger partial charge in [0.15, 0.2) is 18.9 Å². The Bertz CT molecular complexity index is 595. The van der Waals surface area contributed by atoms with Gasteiger partial charge < -0.3 is 64.5 Å². The number of rotatable bonds is 4. The highest BCUT2D eigenvalue weighted by atomic mass is 16.8. The molecule has 13 nitrogen and oxygen atoms in total. The molecular weight excluding hydrogens is 424 g/mol. The van der Waals surface area contributed by atoms with Gasteiger partial charge in [0.2, 0.25) is 0 Å². The number of aliphatic hydroxyl groups is 8. The van der Waals surface area contributed by atoms with Crippen LogP contribution in [0.4, 0.5) is 0 Å². The molecule has 0 spiro atoms. The maximum Gasteiger partial charge on any atom is 0.187 e. The topological polar surface area (TPSA) is 208 Å². The summed E-state index contributed by atoms with van der Waals surface area (Å²) in [4.78, 5) is 0. The Morgan fingerprint density at radius 2 is 0.839 bits per heavy atom. The molecule has 0 aromatic heterocycles. The van der Waals surface area contributed by atoms with Crippen LogP contribution in [-0.2, 0) is 23.7 Å². The van der Waals surface area contributed by atoms with E-state index < -0.39 is 92.1 Å². The fourth-order valence-electron chi connectivity index (χ4n) is 3.87. The minimum atomic E-state index is -1.69. The Morgan fingerprint density at radius 1 is 0.452 bits per heavy atom. The molecular formula is C18H32O13. The number of hydrogen-bond acceptors (Lipinski definition) is 13. The Balaban J connectivity index is 1.78. The van der Waals surface area contributed by atoms with Gasteiger partial charge >= 0.3 is 0 Å². The van der Waals surface area contributed by atoms with Crippen molar-refractivity contribution in [3.05, 3.63) is 0 Å². The van der Waals surface area contributed by atoms with Crippen molar-refractivity contribution in [3.8, 4) is 0 Å². The Morgan fingerprint density at radius 3 is 1.29 bits per heavy atom. The molecule has 0 aromatic rings. The average molecular weight is 456 g/mol. The number of hydrogen-bond donors (Lipinski definition) is 8. The summed E-state index contributed by atoms with van der Waals surface area (Å²) >= 11 is 0. The second-order valence-electron chi connectivity index (χ2n) is 8.29. The second-order valence-corrected chi connectivity index (χ2v) is 8.29. The van der Waals surface area contributed by atoms with Crippen LogP contribution in [0.3, 0.4) is 0 Å². The minimum Gasteiger partial charge on any atom is -0.388 e. The SMILES string of the molecule is C[C@@H]1OC(O)[C@H](O[C@@H]2O[C@@H](C)[C@@H](O)[C@@H](O)[C@@H]2O)[C@H](O[C@H]2O[C@@H](C)[C@@H](O)[C@@H](O)[C@@H]2O)[C@H]1O. The van der Waals surface area contributed by atoms with Crippen LogP contribution < -0.4 is 0 Å². The van der Waals surface area contributed by atoms with E-state index in [1.165, 1.54) is 20.8 Å². The van der Waals surface area contributed by atoms with E-state index in [9.17, 15) is 40.9 Å². The number of aliphatic hydroxyl groups excluding tert-OH is 8. The Hall–Kier alpha value is -0.520. The van der Waals surface area contributed by atoms with Gasteiger partial charge in [-0.25, -0.2) is 0 Å². The molecule has 3 heterocycles. The van der Waals surface area contributed by atoms with Crippen LogP contribution in [0.1, 0.15) is 20.8 Å². The largest absolute Gasteiger partial charge is 0.388 e. The van der Waals surface area contributed by atoms with Gasteiger partial charge in [0.1, 0.15) is 54.9 Å². The van der Waals surface area contributed by atoms with E-state index in [2.05, 4.69) is 0 Å². The molecule has 0 amide bonds. The lowest BCUT2D eigenvalue weighted by Crippen LogP contribution is -2.65. The first-order chi connectivity index (χ1) is 14.4. The highest BCUT2D eigenvalue weighted by Crippen LogP contribution is 2.32. The molecule has 3 rings (SSSR count). The summed E-state index contributed by atoms with van der Waals surface area (Å²) in [6, 6.07) is 0. The lowest BCUT2D eigenvalue weighted by Gasteiger charge is -2.47. The summed E-state index contributed by atoms with van der Waals surface area (Å²) in [6.45, 7) is 4.34. The van der Waals surface area contributed by atoms with E-state index in [0.717, 1.165) is 0 Å². The van der Waals surface area contributed by atoms with Crippen LogP contribution in [0.2, 0.25) is 0 Å². The zero-order valence-electron chi connectivity index (χ0n) is 17.3. The van der Waals surface area contributed by atoms with Crippen LogP contribution in [0, 0.1) is 0 Å². The molecule has 3 aliphatic heterocycles. The average Bonchev–Trinajstić information content (AvgIpc) is 2.72. The highest BCUT2D eigenvalue weighted by molar-refractivity contribution is 4.94. The molecule has 3 saturated heterocycles. The normalized spacial score (nSPS) is 56.4. The van der Waals surface area contributed by atoms with E-state index >= 15 is 0 Å². The lowest BCUT2D eigenvalue weighted by atomic mass is 9.97. The third kappa shape index (κ3) is 4.89. The molecule has 182 valence electrons. The molecule has 0 aromatic carbocycles. The van der Waals surface area contributed by atoms with Crippen molar-refractivity contribution in [2.75, 3.05) is 0 Å². The van der Waals surface area contributed by atoms with Crippen molar-refractivity contribution < 1.29 is 64.5 Å². The molecule has 3 aliphatic rings. The molecule has 31 heavy (non-hydrogen) atoms. The predicted octanol–water partition coefficient (Wildman–Crippen LogP) is -4.49. The van der Waals surface area contributed by atoms with Gasteiger partial charge in [-0.1, -0.05) is 0 Å². The fraction of sp³-hybridized carbons (Fsp3) is 1.00. The molecule has 0 radical (unpaired) electrons. The maximum absolute atomic E-state index is 10.6. The van der Waals surface area contributed by atoms with Crippen LogP contribution in [0.25, 0.3) is 0 Å². The van der Waals surface area contributed by atoms with Gasteiger partial charge in [0, 0.05) is 0 Å². The zero-order chi connectivity index (χ0) is 23.2. The third-order valence-corrected chi connectivity index (χ3v) is 5.98. The minimum absolute atomic E-state index is 0.914. The van der Waals surface area contributed by atoms with Crippen molar-refractivity contribution in [1.29, 1.82) is 0 Å². The third-order valence-electron chi connectivity index (χ3n) is 5.98. The monoisotopic (exact) mass is 456 g/mol. The van der Waals surface area contributed by atoms with Crippen LogP contribution in [0.15, 0.2) is 0 Å². The van der Waals surface area contributed by atoms with Gasteiger partial charge in [0.25, 0.3) is 0 Å². The first-order valence-corrected chi connectivity index (χ1v) is 10.2. The lowest BCUT2D eigenvalue weighted by molar-refractivity contribution is -0.382. The van der Waals surface area contributed by atoms with E-state index in [0.29, 0.717) is 0 Å². The quantitative estimate of drug-likeness (QED) is 0.201. The summed E-state index contributed by atoms with van der Waals surface area (Å²) in [5.74, 6) is 0. The highest BCUT2D eigenvalue weighted by Gasteiger charge is 2.52. The number of ether oxygens (including phenoxy) is 5. The fourth-order valence-corrected chi connectivity index (χ4v) is 3.87. The zero-order valence-corrected chi connectivity index (χ0v) is 17.3. The summed E-state index contributed by atoms with van der Waals surface area (Å²) in [5.41, 5.74) is 0. The molecule has 1 unspecified atom stereocenters. The molecule has 13 heteroatoms. The summed E-state index contributed by atoms with van der Waals surface area (Å²) < 4.78 is 27.2. The van der Waals surface area contributed by atoms with Crippen molar-refractivity contribution in [2.45, 2.75) is 113 Å². The second kappa shape index (κ2) is 9.77. The van der Waals surface area contributed by atoms with Crippen LogP contribution in [0.5, 0.6) is 0 Å². The first-order valence-electron chi connectivity index (χ1n) is 10.2.